The molecule has 0 fully saturated rings. The van der Waals surface area contributed by atoms with E-state index in [1.165, 1.54) is 6.08 Å². The molecule has 0 saturated heterocycles. The van der Waals surface area contributed by atoms with Gasteiger partial charge in [0, 0.05) is 18.3 Å². The molecule has 0 spiro atoms. The molecule has 0 aliphatic rings. The predicted molar refractivity (Wildman–Crippen MR) is 91.1 cm³/mol. The second kappa shape index (κ2) is 7.19. The summed E-state index contributed by atoms with van der Waals surface area (Å²) in [4.78, 5) is 11.9. The van der Waals surface area contributed by atoms with Crippen molar-refractivity contribution >= 4 is 23.5 Å². The van der Waals surface area contributed by atoms with Crippen LogP contribution in [0.15, 0.2) is 59.2 Å². The van der Waals surface area contributed by atoms with Gasteiger partial charge in [0.05, 0.1) is 0 Å². The molecule has 0 saturated carbocycles. The Labute approximate surface area is 144 Å². The molecule has 24 heavy (non-hydrogen) atoms. The number of furan rings is 1. The molecule has 3 rings (SSSR count). The summed E-state index contributed by atoms with van der Waals surface area (Å²) in [5, 5.41) is 4.71. The smallest absolute Gasteiger partial charge is 0.206 e. The third-order valence-electron chi connectivity index (χ3n) is 3.24. The van der Waals surface area contributed by atoms with Crippen LogP contribution in [0.4, 0.5) is 0 Å². The third kappa shape index (κ3) is 4.14. The van der Waals surface area contributed by atoms with Gasteiger partial charge in [-0.05, 0) is 54.6 Å². The van der Waals surface area contributed by atoms with Crippen molar-refractivity contribution in [1.29, 1.82) is 0 Å². The average Bonchev–Trinajstić information content (AvgIpc) is 3.21. The number of ketones is 1. The first kappa shape index (κ1) is 16.1. The fourth-order valence-electron chi connectivity index (χ4n) is 2.04. The third-order valence-corrected chi connectivity index (χ3v) is 3.49. The highest BCUT2D eigenvalue weighted by molar-refractivity contribution is 6.30. The van der Waals surface area contributed by atoms with Crippen molar-refractivity contribution in [3.63, 3.8) is 0 Å². The van der Waals surface area contributed by atoms with E-state index in [1.54, 1.807) is 66.5 Å². The standard InChI is InChI=1S/C18H15ClN2O3/c1-21-11-10-17(20-21)18(22)9-8-15-6-7-16(24-15)12-23-14-4-2-13(19)3-5-14/h2-11H,12H2,1H3/b9-8+. The molecule has 0 atom stereocenters. The van der Waals surface area contributed by atoms with Gasteiger partial charge in [0.25, 0.3) is 0 Å². The minimum absolute atomic E-state index is 0.175. The summed E-state index contributed by atoms with van der Waals surface area (Å²) >= 11 is 5.82. The number of hydrogen-bond donors (Lipinski definition) is 0. The molecular weight excluding hydrogens is 328 g/mol. The van der Waals surface area contributed by atoms with E-state index in [0.29, 0.717) is 34.6 Å². The van der Waals surface area contributed by atoms with Crippen molar-refractivity contribution in [2.75, 3.05) is 0 Å². The van der Waals surface area contributed by atoms with Crippen molar-refractivity contribution in [1.82, 2.24) is 9.78 Å². The van der Waals surface area contributed by atoms with Crippen LogP contribution in [0.2, 0.25) is 5.02 Å². The Balaban J connectivity index is 1.58. The molecule has 0 radical (unpaired) electrons. The minimum atomic E-state index is -0.175. The summed E-state index contributed by atoms with van der Waals surface area (Å²) in [6.07, 6.45) is 4.77. The van der Waals surface area contributed by atoms with Gasteiger partial charge in [-0.3, -0.25) is 9.48 Å². The van der Waals surface area contributed by atoms with Crippen LogP contribution >= 0.6 is 11.6 Å². The molecule has 2 aromatic heterocycles. The Kier molecular flexibility index (Phi) is 4.82. The lowest BCUT2D eigenvalue weighted by Gasteiger charge is -2.03. The molecule has 6 heteroatoms. The van der Waals surface area contributed by atoms with Gasteiger partial charge in [-0.25, -0.2) is 0 Å². The van der Waals surface area contributed by atoms with E-state index in [2.05, 4.69) is 5.10 Å². The van der Waals surface area contributed by atoms with E-state index in [1.807, 2.05) is 0 Å². The number of carbonyl (C=O) groups excluding carboxylic acids is 1. The van der Waals surface area contributed by atoms with Gasteiger partial charge in [-0.1, -0.05) is 11.6 Å². The largest absolute Gasteiger partial charge is 0.486 e. The van der Waals surface area contributed by atoms with E-state index >= 15 is 0 Å². The zero-order valence-corrected chi connectivity index (χ0v) is 13.7. The predicted octanol–water partition coefficient (Wildman–Crippen LogP) is 4.14. The first-order chi connectivity index (χ1) is 11.6. The topological polar surface area (TPSA) is 57.3 Å². The molecule has 0 aliphatic heterocycles. The maximum Gasteiger partial charge on any atom is 0.206 e. The van der Waals surface area contributed by atoms with Crippen LogP contribution in [-0.2, 0) is 13.7 Å². The lowest BCUT2D eigenvalue weighted by Crippen LogP contribution is -1.97. The molecule has 0 bridgehead atoms. The SMILES string of the molecule is Cn1ccc(C(=O)/C=C/c2ccc(COc3ccc(Cl)cc3)o2)n1. The molecule has 0 unspecified atom stereocenters. The Hall–Kier alpha value is -2.79. The Morgan fingerprint density at radius 1 is 1.25 bits per heavy atom. The number of aromatic nitrogens is 2. The summed E-state index contributed by atoms with van der Waals surface area (Å²) in [5.41, 5.74) is 0.395. The highest BCUT2D eigenvalue weighted by Crippen LogP contribution is 2.18. The second-order valence-electron chi connectivity index (χ2n) is 5.12. The first-order valence-electron chi connectivity index (χ1n) is 7.29. The monoisotopic (exact) mass is 342 g/mol. The number of ether oxygens (including phenoxy) is 1. The van der Waals surface area contributed by atoms with Crippen LogP contribution in [0.25, 0.3) is 6.08 Å². The van der Waals surface area contributed by atoms with Gasteiger partial charge in [0.15, 0.2) is 0 Å². The number of benzene rings is 1. The molecule has 0 amide bonds. The minimum Gasteiger partial charge on any atom is -0.486 e. The summed E-state index contributed by atoms with van der Waals surface area (Å²) < 4.78 is 12.8. The fourth-order valence-corrected chi connectivity index (χ4v) is 2.16. The van der Waals surface area contributed by atoms with Crippen LogP contribution in [-0.4, -0.2) is 15.6 Å². The number of nitrogens with zero attached hydrogens (tertiary/aromatic N) is 2. The Morgan fingerprint density at radius 2 is 2.04 bits per heavy atom. The van der Waals surface area contributed by atoms with Crippen LogP contribution in [0, 0.1) is 0 Å². The highest BCUT2D eigenvalue weighted by atomic mass is 35.5. The number of halogens is 1. The van der Waals surface area contributed by atoms with E-state index in [4.69, 9.17) is 20.8 Å². The van der Waals surface area contributed by atoms with Gasteiger partial charge in [0.2, 0.25) is 5.78 Å². The van der Waals surface area contributed by atoms with Gasteiger partial charge in [0.1, 0.15) is 29.6 Å². The Bertz CT molecular complexity index is 863. The zero-order valence-electron chi connectivity index (χ0n) is 13.0. The molecular formula is C18H15ClN2O3. The van der Waals surface area contributed by atoms with Crippen LogP contribution in [0.5, 0.6) is 5.75 Å². The maximum absolute atomic E-state index is 11.9. The summed E-state index contributed by atoms with van der Waals surface area (Å²) in [7, 11) is 1.76. The maximum atomic E-state index is 11.9. The first-order valence-corrected chi connectivity index (χ1v) is 7.67. The number of allylic oxidation sites excluding steroid dienone is 1. The fraction of sp³-hybridized carbons (Fsp3) is 0.111. The van der Waals surface area contributed by atoms with Gasteiger partial charge in [-0.15, -0.1) is 0 Å². The van der Waals surface area contributed by atoms with E-state index < -0.39 is 0 Å². The second-order valence-corrected chi connectivity index (χ2v) is 5.56. The molecule has 1 aromatic carbocycles. The quantitative estimate of drug-likeness (QED) is 0.499. The molecule has 3 aromatic rings. The molecule has 5 nitrogen and oxygen atoms in total. The molecule has 0 aliphatic carbocycles. The van der Waals surface area contributed by atoms with Crippen LogP contribution < -0.4 is 4.74 Å². The normalized spacial score (nSPS) is 11.1. The van der Waals surface area contributed by atoms with Crippen LogP contribution in [0.1, 0.15) is 22.0 Å². The van der Waals surface area contributed by atoms with Gasteiger partial charge < -0.3 is 9.15 Å². The van der Waals surface area contributed by atoms with E-state index in [9.17, 15) is 4.79 Å². The highest BCUT2D eigenvalue weighted by Gasteiger charge is 2.06. The number of carbonyl (C=O) groups is 1. The average molecular weight is 343 g/mol. The van der Waals surface area contributed by atoms with Gasteiger partial charge >= 0.3 is 0 Å². The number of aryl methyl sites for hydroxylation is 1. The summed E-state index contributed by atoms with van der Waals surface area (Å²) in [5.74, 6) is 1.77. The number of rotatable bonds is 6. The summed E-state index contributed by atoms with van der Waals surface area (Å²) in [6.45, 7) is 0.295. The van der Waals surface area contributed by atoms with E-state index in [0.717, 1.165) is 0 Å². The molecule has 2 heterocycles. The van der Waals surface area contributed by atoms with Crippen molar-refractivity contribution in [3.8, 4) is 5.75 Å². The van der Waals surface area contributed by atoms with Crippen molar-refractivity contribution < 1.29 is 13.9 Å². The van der Waals surface area contributed by atoms with Crippen molar-refractivity contribution in [2.24, 2.45) is 7.05 Å². The van der Waals surface area contributed by atoms with Gasteiger partial charge in [-0.2, -0.15) is 5.10 Å². The zero-order chi connectivity index (χ0) is 16.9. The lowest BCUT2D eigenvalue weighted by molar-refractivity contribution is 0.104. The molecule has 0 N–H and O–H groups in total. The summed E-state index contributed by atoms with van der Waals surface area (Å²) in [6, 6.07) is 12.4. The van der Waals surface area contributed by atoms with E-state index in [-0.39, 0.29) is 5.78 Å². The van der Waals surface area contributed by atoms with Crippen molar-refractivity contribution in [3.05, 3.63) is 77.0 Å². The van der Waals surface area contributed by atoms with Crippen molar-refractivity contribution in [2.45, 2.75) is 6.61 Å². The number of hydrogen-bond acceptors (Lipinski definition) is 4. The molecule has 122 valence electrons. The lowest BCUT2D eigenvalue weighted by atomic mass is 10.2. The van der Waals surface area contributed by atoms with Crippen LogP contribution in [0.3, 0.4) is 0 Å². The Morgan fingerprint density at radius 3 is 2.75 bits per heavy atom.